The molecule has 9 aromatic carbocycles. The Morgan fingerprint density at radius 1 is 0.397 bits per heavy atom. The van der Waals surface area contributed by atoms with Crippen molar-refractivity contribution in [2.45, 2.75) is 6.92 Å². The molecule has 2 heterocycles. The van der Waals surface area contributed by atoms with E-state index in [0.29, 0.717) is 0 Å². The van der Waals surface area contributed by atoms with Gasteiger partial charge in [-0.05, 0) is 107 Å². The zero-order chi connectivity index (χ0) is 38.6. The smallest absolute Gasteiger partial charge is 0.143 e. The molecule has 0 atom stereocenters. The highest BCUT2D eigenvalue weighted by Gasteiger charge is 2.22. The zero-order valence-corrected chi connectivity index (χ0v) is 32.0. The summed E-state index contributed by atoms with van der Waals surface area (Å²) in [5, 5.41) is 4.65. The third kappa shape index (κ3) is 5.59. The van der Waals surface area contributed by atoms with E-state index in [1.54, 1.807) is 0 Å². The normalized spacial score (nSPS) is 11.5. The molecular weight excluding hydrogens is 705 g/mol. The Morgan fingerprint density at radius 3 is 1.66 bits per heavy atom. The fourth-order valence-corrected chi connectivity index (χ4v) is 8.92. The van der Waals surface area contributed by atoms with Crippen LogP contribution in [-0.4, -0.2) is 4.57 Å². The Kier molecular flexibility index (Phi) is 8.04. The first-order valence-electron chi connectivity index (χ1n) is 19.8. The van der Waals surface area contributed by atoms with Gasteiger partial charge in [-0.1, -0.05) is 146 Å². The van der Waals surface area contributed by atoms with Gasteiger partial charge in [-0.25, -0.2) is 0 Å². The lowest BCUT2D eigenvalue weighted by Gasteiger charge is -2.28. The lowest BCUT2D eigenvalue weighted by Crippen LogP contribution is -2.11. The van der Waals surface area contributed by atoms with E-state index in [-0.39, 0.29) is 0 Å². The molecule has 3 heteroatoms. The van der Waals surface area contributed by atoms with Crippen LogP contribution in [0.4, 0.5) is 17.1 Å². The van der Waals surface area contributed by atoms with Crippen molar-refractivity contribution in [2.24, 2.45) is 0 Å². The summed E-state index contributed by atoms with van der Waals surface area (Å²) in [6.45, 7) is 2.24. The number of hydrogen-bond donors (Lipinski definition) is 0. The highest BCUT2D eigenvalue weighted by Crippen LogP contribution is 2.46. The Bertz CT molecular complexity index is 3230. The van der Waals surface area contributed by atoms with Crippen molar-refractivity contribution in [3.63, 3.8) is 0 Å². The van der Waals surface area contributed by atoms with E-state index in [0.717, 1.165) is 55.8 Å². The average molecular weight is 743 g/mol. The molecule has 0 bridgehead atoms. The van der Waals surface area contributed by atoms with E-state index in [2.05, 4.69) is 223 Å². The minimum absolute atomic E-state index is 0.870. The van der Waals surface area contributed by atoms with Crippen LogP contribution in [0, 0.1) is 6.92 Å². The fraction of sp³-hybridized carbons (Fsp3) is 0.0182. The maximum Gasteiger partial charge on any atom is 0.143 e. The van der Waals surface area contributed by atoms with Crippen molar-refractivity contribution in [3.8, 4) is 39.1 Å². The maximum absolute atomic E-state index is 6.79. The van der Waals surface area contributed by atoms with Gasteiger partial charge in [0.25, 0.3) is 0 Å². The van der Waals surface area contributed by atoms with Crippen LogP contribution in [0.5, 0.6) is 0 Å². The van der Waals surface area contributed by atoms with Crippen molar-refractivity contribution in [1.29, 1.82) is 0 Å². The molecule has 0 fully saturated rings. The largest absolute Gasteiger partial charge is 0.455 e. The minimum Gasteiger partial charge on any atom is -0.455 e. The van der Waals surface area contributed by atoms with Gasteiger partial charge >= 0.3 is 0 Å². The number of aromatic nitrogens is 1. The first-order chi connectivity index (χ1) is 28.7. The van der Waals surface area contributed by atoms with Crippen LogP contribution in [0.2, 0.25) is 0 Å². The van der Waals surface area contributed by atoms with Crippen LogP contribution in [0.15, 0.2) is 217 Å². The van der Waals surface area contributed by atoms with E-state index < -0.39 is 0 Å². The van der Waals surface area contributed by atoms with Crippen molar-refractivity contribution in [2.75, 3.05) is 4.90 Å². The van der Waals surface area contributed by atoms with Crippen molar-refractivity contribution < 1.29 is 4.42 Å². The summed E-state index contributed by atoms with van der Waals surface area (Å²) in [6, 6.07) is 76.2. The number of aryl methyl sites for hydroxylation is 1. The van der Waals surface area contributed by atoms with E-state index in [9.17, 15) is 0 Å². The molecule has 0 saturated heterocycles. The van der Waals surface area contributed by atoms with Gasteiger partial charge in [0.05, 0.1) is 11.0 Å². The molecule has 0 saturated carbocycles. The van der Waals surface area contributed by atoms with Crippen molar-refractivity contribution in [1.82, 2.24) is 4.57 Å². The summed E-state index contributed by atoms with van der Waals surface area (Å²) in [5.41, 5.74) is 16.6. The molecule has 0 unspecified atom stereocenters. The van der Waals surface area contributed by atoms with Crippen molar-refractivity contribution in [3.05, 3.63) is 218 Å². The molecule has 0 N–H and O–H groups in total. The number of fused-ring (bicyclic) bond motifs is 6. The second-order valence-corrected chi connectivity index (χ2v) is 15.0. The quantitative estimate of drug-likeness (QED) is 0.162. The molecule has 2 aromatic heterocycles. The lowest BCUT2D eigenvalue weighted by molar-refractivity contribution is 0.670. The van der Waals surface area contributed by atoms with Gasteiger partial charge in [0.2, 0.25) is 0 Å². The van der Waals surface area contributed by atoms with Gasteiger partial charge in [-0.2, -0.15) is 0 Å². The predicted octanol–water partition coefficient (Wildman–Crippen LogP) is 15.5. The van der Waals surface area contributed by atoms with Crippen LogP contribution in [0.1, 0.15) is 5.56 Å². The molecule has 11 rings (SSSR count). The number of para-hydroxylation sites is 4. The fourth-order valence-electron chi connectivity index (χ4n) is 8.92. The van der Waals surface area contributed by atoms with Gasteiger partial charge in [-0.3, -0.25) is 0 Å². The van der Waals surface area contributed by atoms with E-state index >= 15 is 0 Å². The standard InChI is InChI=1S/C55H38N2O/c1-37-32-43(34-48(38-18-5-2-6-19-38)54(37)39-20-7-3-8-21-39)56(41-23-9-4-10-24-41)44-35-49(55-50(36-44)47-28-13-16-31-53(47)58-55)40-22-17-25-42(33-40)57-51-29-14-11-26-45(51)46-27-12-15-30-52(46)57/h2-36H,1H3. The van der Waals surface area contributed by atoms with E-state index in [1.807, 2.05) is 6.07 Å². The number of hydrogen-bond acceptors (Lipinski definition) is 2. The average Bonchev–Trinajstić information content (AvgIpc) is 3.83. The minimum atomic E-state index is 0.870. The summed E-state index contributed by atoms with van der Waals surface area (Å²) in [6.07, 6.45) is 0. The lowest BCUT2D eigenvalue weighted by atomic mass is 9.90. The summed E-state index contributed by atoms with van der Waals surface area (Å²) in [7, 11) is 0. The Balaban J connectivity index is 1.17. The van der Waals surface area contributed by atoms with Crippen LogP contribution < -0.4 is 4.90 Å². The van der Waals surface area contributed by atoms with Gasteiger partial charge < -0.3 is 13.9 Å². The molecule has 3 nitrogen and oxygen atoms in total. The van der Waals surface area contributed by atoms with Crippen molar-refractivity contribution >= 4 is 60.8 Å². The zero-order valence-electron chi connectivity index (χ0n) is 32.0. The topological polar surface area (TPSA) is 21.3 Å². The Labute approximate surface area is 337 Å². The predicted molar refractivity (Wildman–Crippen MR) is 244 cm³/mol. The van der Waals surface area contributed by atoms with E-state index in [1.165, 1.54) is 49.6 Å². The molecule has 58 heavy (non-hydrogen) atoms. The van der Waals surface area contributed by atoms with Crippen LogP contribution in [-0.2, 0) is 0 Å². The summed E-state index contributed by atoms with van der Waals surface area (Å²) < 4.78 is 9.17. The third-order valence-corrected chi connectivity index (χ3v) is 11.5. The maximum atomic E-state index is 6.79. The highest BCUT2D eigenvalue weighted by molar-refractivity contribution is 6.12. The summed E-state index contributed by atoms with van der Waals surface area (Å²) in [4.78, 5) is 2.40. The second-order valence-electron chi connectivity index (χ2n) is 15.0. The molecule has 0 aliphatic heterocycles. The van der Waals surface area contributed by atoms with Gasteiger partial charge in [0, 0.05) is 49.9 Å². The number of furan rings is 1. The Morgan fingerprint density at radius 2 is 0.948 bits per heavy atom. The summed E-state index contributed by atoms with van der Waals surface area (Å²) in [5.74, 6) is 0. The first kappa shape index (κ1) is 33.7. The number of anilines is 3. The number of rotatable bonds is 7. The Hall–Kier alpha value is -7.62. The van der Waals surface area contributed by atoms with Gasteiger partial charge in [-0.15, -0.1) is 0 Å². The first-order valence-corrected chi connectivity index (χ1v) is 19.8. The molecular formula is C55H38N2O. The molecule has 0 aliphatic rings. The van der Waals surface area contributed by atoms with Crippen LogP contribution in [0.25, 0.3) is 82.8 Å². The molecule has 274 valence electrons. The molecule has 0 amide bonds. The third-order valence-electron chi connectivity index (χ3n) is 11.5. The van der Waals surface area contributed by atoms with Gasteiger partial charge in [0.15, 0.2) is 0 Å². The van der Waals surface area contributed by atoms with Crippen LogP contribution in [0.3, 0.4) is 0 Å². The second kappa shape index (κ2) is 13.8. The molecule has 0 aliphatic carbocycles. The number of benzene rings is 9. The SMILES string of the molecule is Cc1cc(N(c2ccccc2)c2cc(-c3cccc(-n4c5ccccc5c5ccccc54)c3)c3oc4ccccc4c3c2)cc(-c2ccccc2)c1-c1ccccc1. The number of nitrogens with zero attached hydrogens (tertiary/aromatic N) is 2. The highest BCUT2D eigenvalue weighted by atomic mass is 16.3. The van der Waals surface area contributed by atoms with E-state index in [4.69, 9.17) is 4.42 Å². The molecule has 0 radical (unpaired) electrons. The molecule has 11 aromatic rings. The monoisotopic (exact) mass is 742 g/mol. The van der Waals surface area contributed by atoms with Crippen LogP contribution >= 0.6 is 0 Å². The molecule has 0 spiro atoms. The summed E-state index contributed by atoms with van der Waals surface area (Å²) >= 11 is 0. The van der Waals surface area contributed by atoms with Gasteiger partial charge in [0.1, 0.15) is 11.2 Å².